The highest BCUT2D eigenvalue weighted by Gasteiger charge is 2.18. The van der Waals surface area contributed by atoms with Crippen LogP contribution in [0.2, 0.25) is 5.02 Å². The minimum absolute atomic E-state index is 0.201. The Labute approximate surface area is 187 Å². The van der Waals surface area contributed by atoms with Crippen molar-refractivity contribution in [1.82, 2.24) is 5.43 Å². The summed E-state index contributed by atoms with van der Waals surface area (Å²) in [4.78, 5) is 12.3. The monoisotopic (exact) mass is 455 g/mol. The fourth-order valence-electron chi connectivity index (χ4n) is 2.84. The van der Waals surface area contributed by atoms with Crippen LogP contribution < -0.4 is 9.73 Å². The van der Waals surface area contributed by atoms with Gasteiger partial charge in [0.25, 0.3) is 5.91 Å². The van der Waals surface area contributed by atoms with E-state index in [1.54, 1.807) is 42.5 Å². The molecule has 0 unspecified atom stereocenters. The topological polar surface area (TPSA) is 78.8 Å². The number of hydrogen-bond acceptors (Lipinski definition) is 4. The standard InChI is InChI=1S/C23H22ClN3O3S/c1-17-7-9-18(10-8-17)16-27(31(2,29)30)21-13-11-19(12-14-21)23(28)26-25-15-20-5-3-4-6-22(20)24/h3-15H,16H2,1-2H3,(H,26,28)/b25-15-. The molecule has 3 aromatic rings. The summed E-state index contributed by atoms with van der Waals surface area (Å²) in [5.41, 5.74) is 5.91. The Hall–Kier alpha value is -3.16. The predicted molar refractivity (Wildman–Crippen MR) is 125 cm³/mol. The lowest BCUT2D eigenvalue weighted by Crippen LogP contribution is -2.29. The van der Waals surface area contributed by atoms with Gasteiger partial charge in [-0.3, -0.25) is 9.10 Å². The number of nitrogens with one attached hydrogen (secondary N) is 1. The van der Waals surface area contributed by atoms with Crippen LogP contribution in [-0.4, -0.2) is 26.8 Å². The van der Waals surface area contributed by atoms with E-state index in [-0.39, 0.29) is 6.54 Å². The summed E-state index contributed by atoms with van der Waals surface area (Å²) in [5.74, 6) is -0.417. The molecule has 0 radical (unpaired) electrons. The van der Waals surface area contributed by atoms with Crippen LogP contribution in [-0.2, 0) is 16.6 Å². The first-order valence-electron chi connectivity index (χ1n) is 9.45. The molecular formula is C23H22ClN3O3S. The molecule has 8 heteroatoms. The van der Waals surface area contributed by atoms with E-state index in [0.29, 0.717) is 21.8 Å². The van der Waals surface area contributed by atoms with Crippen molar-refractivity contribution in [2.75, 3.05) is 10.6 Å². The first-order chi connectivity index (χ1) is 14.7. The fraction of sp³-hybridized carbons (Fsp3) is 0.130. The molecule has 0 aliphatic rings. The highest BCUT2D eigenvalue weighted by atomic mass is 35.5. The molecule has 0 aromatic heterocycles. The van der Waals surface area contributed by atoms with E-state index in [9.17, 15) is 13.2 Å². The van der Waals surface area contributed by atoms with Crippen LogP contribution in [0.4, 0.5) is 5.69 Å². The average molecular weight is 456 g/mol. The third-order valence-electron chi connectivity index (χ3n) is 4.54. The lowest BCUT2D eigenvalue weighted by atomic mass is 10.1. The molecule has 3 rings (SSSR count). The number of halogens is 1. The van der Waals surface area contributed by atoms with Crippen molar-refractivity contribution in [1.29, 1.82) is 0 Å². The van der Waals surface area contributed by atoms with Gasteiger partial charge < -0.3 is 0 Å². The van der Waals surface area contributed by atoms with Crippen LogP contribution in [0, 0.1) is 6.92 Å². The molecule has 1 amide bonds. The average Bonchev–Trinajstić information content (AvgIpc) is 2.74. The number of hydrazone groups is 1. The second-order valence-corrected chi connectivity index (χ2v) is 9.34. The van der Waals surface area contributed by atoms with Crippen molar-refractivity contribution in [2.24, 2.45) is 5.10 Å². The molecule has 0 bridgehead atoms. The number of benzene rings is 3. The van der Waals surface area contributed by atoms with Crippen molar-refractivity contribution in [3.8, 4) is 0 Å². The van der Waals surface area contributed by atoms with Crippen LogP contribution in [0.3, 0.4) is 0 Å². The maximum absolute atomic E-state index is 12.3. The zero-order valence-corrected chi connectivity index (χ0v) is 18.7. The number of carbonyl (C=O) groups excluding carboxylic acids is 1. The second kappa shape index (κ2) is 9.76. The third-order valence-corrected chi connectivity index (χ3v) is 6.02. The highest BCUT2D eigenvalue weighted by Crippen LogP contribution is 2.21. The molecule has 0 saturated carbocycles. The van der Waals surface area contributed by atoms with Gasteiger partial charge in [-0.2, -0.15) is 5.10 Å². The van der Waals surface area contributed by atoms with Gasteiger partial charge in [0.1, 0.15) is 0 Å². The van der Waals surface area contributed by atoms with Crippen LogP contribution in [0.1, 0.15) is 27.0 Å². The zero-order valence-electron chi connectivity index (χ0n) is 17.1. The number of rotatable bonds is 7. The van der Waals surface area contributed by atoms with Gasteiger partial charge in [-0.25, -0.2) is 13.8 Å². The molecule has 1 N–H and O–H groups in total. The lowest BCUT2D eigenvalue weighted by Gasteiger charge is -2.22. The van der Waals surface area contributed by atoms with Gasteiger partial charge in [0.2, 0.25) is 10.0 Å². The normalized spacial score (nSPS) is 11.5. The van der Waals surface area contributed by atoms with Crippen molar-refractivity contribution >= 4 is 39.4 Å². The Bertz CT molecular complexity index is 1190. The first-order valence-corrected chi connectivity index (χ1v) is 11.7. The fourth-order valence-corrected chi connectivity index (χ4v) is 3.92. The maximum atomic E-state index is 12.3. The van der Waals surface area contributed by atoms with Crippen LogP contribution in [0.15, 0.2) is 77.9 Å². The first kappa shape index (κ1) is 22.5. The molecule has 0 saturated heterocycles. The van der Waals surface area contributed by atoms with Gasteiger partial charge in [0.05, 0.1) is 24.7 Å². The van der Waals surface area contributed by atoms with Gasteiger partial charge in [-0.05, 0) is 42.8 Å². The molecule has 6 nitrogen and oxygen atoms in total. The Kier molecular flexibility index (Phi) is 7.09. The molecule has 0 heterocycles. The van der Waals surface area contributed by atoms with Crippen molar-refractivity contribution in [2.45, 2.75) is 13.5 Å². The molecule has 0 spiro atoms. The molecule has 0 fully saturated rings. The summed E-state index contributed by atoms with van der Waals surface area (Å²) in [6.45, 7) is 2.17. The number of amides is 1. The van der Waals surface area contributed by atoms with E-state index in [4.69, 9.17) is 11.6 Å². The van der Waals surface area contributed by atoms with Gasteiger partial charge in [0.15, 0.2) is 0 Å². The summed E-state index contributed by atoms with van der Waals surface area (Å²) in [7, 11) is -3.51. The SMILES string of the molecule is Cc1ccc(CN(c2ccc(C(=O)N/N=C\c3ccccc3Cl)cc2)S(C)(=O)=O)cc1. The van der Waals surface area contributed by atoms with E-state index in [1.165, 1.54) is 10.5 Å². The molecule has 160 valence electrons. The lowest BCUT2D eigenvalue weighted by molar-refractivity contribution is 0.0955. The molecule has 0 aliphatic carbocycles. The van der Waals surface area contributed by atoms with Gasteiger partial charge in [-0.15, -0.1) is 0 Å². The van der Waals surface area contributed by atoms with Crippen LogP contribution in [0.5, 0.6) is 0 Å². The number of sulfonamides is 1. The number of anilines is 1. The van der Waals surface area contributed by atoms with Crippen molar-refractivity contribution < 1.29 is 13.2 Å². The molecule has 31 heavy (non-hydrogen) atoms. The Morgan fingerprint density at radius 1 is 1.03 bits per heavy atom. The number of hydrogen-bond donors (Lipinski definition) is 1. The van der Waals surface area contributed by atoms with Gasteiger partial charge in [0, 0.05) is 16.1 Å². The minimum atomic E-state index is -3.51. The van der Waals surface area contributed by atoms with E-state index in [0.717, 1.165) is 17.4 Å². The van der Waals surface area contributed by atoms with Gasteiger partial charge >= 0.3 is 0 Å². The molecular weight excluding hydrogens is 434 g/mol. The summed E-state index contributed by atoms with van der Waals surface area (Å²) in [6, 6.07) is 21.1. The Balaban J connectivity index is 1.72. The van der Waals surface area contributed by atoms with Crippen molar-refractivity contribution in [3.05, 3.63) is 100 Å². The number of nitrogens with zero attached hydrogens (tertiary/aromatic N) is 2. The maximum Gasteiger partial charge on any atom is 0.271 e. The van der Waals surface area contributed by atoms with E-state index >= 15 is 0 Å². The van der Waals surface area contributed by atoms with Gasteiger partial charge in [-0.1, -0.05) is 59.6 Å². The van der Waals surface area contributed by atoms with Crippen LogP contribution >= 0.6 is 11.6 Å². The van der Waals surface area contributed by atoms with Crippen molar-refractivity contribution in [3.63, 3.8) is 0 Å². The van der Waals surface area contributed by atoms with E-state index in [2.05, 4.69) is 10.5 Å². The quantitative estimate of drug-likeness (QED) is 0.424. The summed E-state index contributed by atoms with van der Waals surface area (Å²) >= 11 is 6.05. The predicted octanol–water partition coefficient (Wildman–Crippen LogP) is 4.38. The Morgan fingerprint density at radius 2 is 1.68 bits per heavy atom. The largest absolute Gasteiger partial charge is 0.271 e. The van der Waals surface area contributed by atoms with Crippen LogP contribution in [0.25, 0.3) is 0 Å². The minimum Gasteiger partial charge on any atom is -0.267 e. The second-order valence-electron chi connectivity index (χ2n) is 7.02. The highest BCUT2D eigenvalue weighted by molar-refractivity contribution is 7.92. The molecule has 3 aromatic carbocycles. The van der Waals surface area contributed by atoms with E-state index < -0.39 is 15.9 Å². The zero-order chi connectivity index (χ0) is 22.4. The molecule has 0 atom stereocenters. The summed E-state index contributed by atoms with van der Waals surface area (Å²) in [6.07, 6.45) is 2.62. The number of carbonyl (C=O) groups is 1. The smallest absolute Gasteiger partial charge is 0.267 e. The summed E-state index contributed by atoms with van der Waals surface area (Å²) < 4.78 is 26.0. The number of aryl methyl sites for hydroxylation is 1. The summed E-state index contributed by atoms with van der Waals surface area (Å²) in [5, 5.41) is 4.45. The third kappa shape index (κ3) is 6.16. The molecule has 0 aliphatic heterocycles. The van der Waals surface area contributed by atoms with E-state index in [1.807, 2.05) is 37.3 Å². The Morgan fingerprint density at radius 3 is 2.29 bits per heavy atom.